The van der Waals surface area contributed by atoms with Crippen molar-refractivity contribution in [3.05, 3.63) is 0 Å². The van der Waals surface area contributed by atoms with Crippen LogP contribution < -0.4 is 0 Å². The van der Waals surface area contributed by atoms with E-state index in [0.717, 1.165) is 38.0 Å². The van der Waals surface area contributed by atoms with Crippen LogP contribution in [-0.4, -0.2) is 39.5 Å². The Morgan fingerprint density at radius 2 is 1.17 bits per heavy atom. The lowest BCUT2D eigenvalue weighted by atomic mass is 9.86. The molecule has 0 aliphatic rings. The van der Waals surface area contributed by atoms with Crippen molar-refractivity contribution in [2.75, 3.05) is 27.9 Å². The summed E-state index contributed by atoms with van der Waals surface area (Å²) in [5, 5.41) is 0. The molecule has 0 rings (SSSR count). The second kappa shape index (κ2) is 17.5. The van der Waals surface area contributed by atoms with Crippen molar-refractivity contribution >= 4 is 0 Å². The zero-order chi connectivity index (χ0) is 22.0. The Labute approximate surface area is 182 Å². The number of hydrogen-bond acceptors (Lipinski definition) is 4. The van der Waals surface area contributed by atoms with Gasteiger partial charge in [-0.3, -0.25) is 0 Å². The molecular formula is C25H52O4. The molecule has 2 atom stereocenters. The molecule has 2 unspecified atom stereocenters. The van der Waals surface area contributed by atoms with E-state index < -0.39 is 11.6 Å². The molecule has 0 aromatic carbocycles. The van der Waals surface area contributed by atoms with E-state index in [1.165, 1.54) is 57.8 Å². The fraction of sp³-hybridized carbons (Fsp3) is 1.00. The zero-order valence-corrected chi connectivity index (χ0v) is 20.8. The standard InChI is InChI=1S/C25H52O4/c1-8-11-12-13-14-17-20-24(29-22-9-2,25(26-5,27-6)28-7)21-18-15-16-19-23(4)10-3/h23H,8-22H2,1-7H3. The summed E-state index contributed by atoms with van der Waals surface area (Å²) in [4.78, 5) is 0. The fourth-order valence-corrected chi connectivity index (χ4v) is 4.24. The quantitative estimate of drug-likeness (QED) is 0.143. The molecule has 0 radical (unpaired) electrons. The molecule has 29 heavy (non-hydrogen) atoms. The van der Waals surface area contributed by atoms with Gasteiger partial charge in [0.25, 0.3) is 0 Å². The largest absolute Gasteiger partial charge is 0.367 e. The van der Waals surface area contributed by atoms with Crippen LogP contribution in [0.25, 0.3) is 0 Å². The van der Waals surface area contributed by atoms with Crippen molar-refractivity contribution in [1.29, 1.82) is 0 Å². The summed E-state index contributed by atoms with van der Waals surface area (Å²) in [6.45, 7) is 9.73. The SMILES string of the molecule is CCCCCCCCC(CCCCCC(C)CC)(OCCC)C(OC)(OC)OC. The van der Waals surface area contributed by atoms with E-state index in [9.17, 15) is 0 Å². The third kappa shape index (κ3) is 10.1. The van der Waals surface area contributed by atoms with Crippen LogP contribution in [-0.2, 0) is 18.9 Å². The van der Waals surface area contributed by atoms with Crippen molar-refractivity contribution in [2.45, 2.75) is 129 Å². The van der Waals surface area contributed by atoms with Crippen LogP contribution in [0.15, 0.2) is 0 Å². The summed E-state index contributed by atoms with van der Waals surface area (Å²) in [5.74, 6) is -0.335. The highest BCUT2D eigenvalue weighted by atomic mass is 16.9. The number of ether oxygens (including phenoxy) is 4. The summed E-state index contributed by atoms with van der Waals surface area (Å²) < 4.78 is 24.0. The molecule has 176 valence electrons. The number of unbranched alkanes of at least 4 members (excludes halogenated alkanes) is 7. The highest BCUT2D eigenvalue weighted by Crippen LogP contribution is 2.40. The van der Waals surface area contributed by atoms with Gasteiger partial charge in [0, 0.05) is 27.9 Å². The van der Waals surface area contributed by atoms with Crippen molar-refractivity contribution in [2.24, 2.45) is 5.92 Å². The van der Waals surface area contributed by atoms with Gasteiger partial charge in [-0.25, -0.2) is 0 Å². The molecule has 0 aromatic heterocycles. The van der Waals surface area contributed by atoms with Crippen molar-refractivity contribution in [3.63, 3.8) is 0 Å². The van der Waals surface area contributed by atoms with Gasteiger partial charge in [0.05, 0.1) is 0 Å². The molecule has 0 aromatic rings. The van der Waals surface area contributed by atoms with E-state index in [4.69, 9.17) is 18.9 Å². The van der Waals surface area contributed by atoms with Crippen LogP contribution in [0.5, 0.6) is 0 Å². The third-order valence-electron chi connectivity index (χ3n) is 6.36. The van der Waals surface area contributed by atoms with E-state index in [1.54, 1.807) is 21.3 Å². The van der Waals surface area contributed by atoms with Crippen molar-refractivity contribution in [3.8, 4) is 0 Å². The third-order valence-corrected chi connectivity index (χ3v) is 6.36. The molecule has 0 amide bonds. The highest BCUT2D eigenvalue weighted by Gasteiger charge is 2.54. The van der Waals surface area contributed by atoms with E-state index in [1.807, 2.05) is 0 Å². The minimum Gasteiger partial charge on any atom is -0.367 e. The van der Waals surface area contributed by atoms with Gasteiger partial charge in [0.2, 0.25) is 0 Å². The van der Waals surface area contributed by atoms with Crippen LogP contribution in [0.3, 0.4) is 0 Å². The second-order valence-electron chi connectivity index (χ2n) is 8.64. The molecule has 4 heteroatoms. The zero-order valence-electron chi connectivity index (χ0n) is 20.8. The summed E-state index contributed by atoms with van der Waals surface area (Å²) in [6.07, 6.45) is 16.5. The molecule has 0 heterocycles. The Balaban J connectivity index is 5.13. The normalized spacial score (nSPS) is 15.4. The van der Waals surface area contributed by atoms with E-state index >= 15 is 0 Å². The number of rotatable bonds is 21. The Hall–Kier alpha value is -0.160. The monoisotopic (exact) mass is 416 g/mol. The minimum atomic E-state index is -1.15. The second-order valence-corrected chi connectivity index (χ2v) is 8.64. The highest BCUT2D eigenvalue weighted by molar-refractivity contribution is 4.91. The van der Waals surface area contributed by atoms with Gasteiger partial charge in [-0.05, 0) is 25.2 Å². The molecule has 4 nitrogen and oxygen atoms in total. The Morgan fingerprint density at radius 1 is 0.655 bits per heavy atom. The lowest BCUT2D eigenvalue weighted by molar-refractivity contribution is -0.429. The molecule has 0 aliphatic heterocycles. The van der Waals surface area contributed by atoms with Gasteiger partial charge in [-0.1, -0.05) is 98.3 Å². The first-order chi connectivity index (χ1) is 14.0. The maximum Gasteiger partial charge on any atom is 0.313 e. The Kier molecular flexibility index (Phi) is 17.4. The first kappa shape index (κ1) is 28.8. The van der Waals surface area contributed by atoms with Gasteiger partial charge >= 0.3 is 5.97 Å². The maximum absolute atomic E-state index is 6.52. The summed E-state index contributed by atoms with van der Waals surface area (Å²) in [6, 6.07) is 0. The van der Waals surface area contributed by atoms with E-state index in [-0.39, 0.29) is 0 Å². The van der Waals surface area contributed by atoms with Gasteiger partial charge in [-0.2, -0.15) is 0 Å². The molecular weight excluding hydrogens is 364 g/mol. The van der Waals surface area contributed by atoms with Gasteiger partial charge < -0.3 is 18.9 Å². The topological polar surface area (TPSA) is 36.9 Å². The fourth-order valence-electron chi connectivity index (χ4n) is 4.24. The van der Waals surface area contributed by atoms with Crippen molar-refractivity contribution < 1.29 is 18.9 Å². The van der Waals surface area contributed by atoms with Gasteiger partial charge in [0.15, 0.2) is 0 Å². The van der Waals surface area contributed by atoms with Crippen molar-refractivity contribution in [1.82, 2.24) is 0 Å². The summed E-state index contributed by atoms with van der Waals surface area (Å²) in [5.41, 5.74) is -0.567. The predicted molar refractivity (Wildman–Crippen MR) is 123 cm³/mol. The van der Waals surface area contributed by atoms with Crippen LogP contribution in [0.1, 0.15) is 118 Å². The predicted octanol–water partition coefficient (Wildman–Crippen LogP) is 7.49. The van der Waals surface area contributed by atoms with E-state index in [0.29, 0.717) is 6.61 Å². The van der Waals surface area contributed by atoms with Gasteiger partial charge in [0.1, 0.15) is 5.60 Å². The molecule has 0 spiro atoms. The maximum atomic E-state index is 6.52. The first-order valence-electron chi connectivity index (χ1n) is 12.3. The lowest BCUT2D eigenvalue weighted by Crippen LogP contribution is -2.60. The summed E-state index contributed by atoms with van der Waals surface area (Å²) in [7, 11) is 5.00. The van der Waals surface area contributed by atoms with Gasteiger partial charge in [-0.15, -0.1) is 0 Å². The smallest absolute Gasteiger partial charge is 0.313 e. The molecule has 0 saturated carbocycles. The average Bonchev–Trinajstić information content (AvgIpc) is 2.75. The minimum absolute atomic E-state index is 0.567. The molecule has 0 bridgehead atoms. The van der Waals surface area contributed by atoms with Crippen LogP contribution >= 0.6 is 0 Å². The molecule has 0 N–H and O–H groups in total. The summed E-state index contributed by atoms with van der Waals surface area (Å²) >= 11 is 0. The Bertz CT molecular complexity index is 348. The van der Waals surface area contributed by atoms with E-state index in [2.05, 4.69) is 27.7 Å². The van der Waals surface area contributed by atoms with Crippen LogP contribution in [0.4, 0.5) is 0 Å². The number of methoxy groups -OCH3 is 3. The lowest BCUT2D eigenvalue weighted by Gasteiger charge is -2.46. The van der Waals surface area contributed by atoms with Crippen LogP contribution in [0, 0.1) is 5.92 Å². The first-order valence-corrected chi connectivity index (χ1v) is 12.3. The molecule has 0 saturated heterocycles. The average molecular weight is 417 g/mol. The Morgan fingerprint density at radius 3 is 1.66 bits per heavy atom. The molecule has 0 fully saturated rings. The number of hydrogen-bond donors (Lipinski definition) is 0. The molecule has 0 aliphatic carbocycles. The van der Waals surface area contributed by atoms with Crippen LogP contribution in [0.2, 0.25) is 0 Å².